The molecule has 1 amide bonds. The van der Waals surface area contributed by atoms with E-state index in [9.17, 15) is 9.90 Å². The second kappa shape index (κ2) is 3.19. The molecule has 0 saturated heterocycles. The van der Waals surface area contributed by atoms with Gasteiger partial charge >= 0.3 is 0 Å². The summed E-state index contributed by atoms with van der Waals surface area (Å²) in [5.74, 6) is 0.331. The normalized spacial score (nSPS) is 15.2. The van der Waals surface area contributed by atoms with Crippen LogP contribution in [0.5, 0.6) is 11.5 Å². The molecule has 0 saturated carbocycles. The summed E-state index contributed by atoms with van der Waals surface area (Å²) in [6.07, 6.45) is -1.30. The summed E-state index contributed by atoms with van der Waals surface area (Å²) >= 11 is 0. The maximum atomic E-state index is 10.7. The van der Waals surface area contributed by atoms with E-state index in [1.165, 1.54) is 6.07 Å². The fourth-order valence-electron chi connectivity index (χ4n) is 1.25. The van der Waals surface area contributed by atoms with E-state index in [0.29, 0.717) is 17.1 Å². The maximum absolute atomic E-state index is 10.7. The molecule has 1 aliphatic heterocycles. The lowest BCUT2D eigenvalue weighted by molar-refractivity contribution is -0.126. The number of fused-ring (bicyclic) bond motifs is 1. The average molecular weight is 195 g/mol. The monoisotopic (exact) mass is 195 g/mol. The molecule has 1 aromatic rings. The second-order valence-corrected chi connectivity index (χ2v) is 2.92. The van der Waals surface area contributed by atoms with E-state index in [4.69, 9.17) is 15.2 Å². The molecule has 1 heterocycles. The molecule has 1 aromatic carbocycles. The highest BCUT2D eigenvalue weighted by Crippen LogP contribution is 2.33. The highest BCUT2D eigenvalue weighted by atomic mass is 16.7. The fraction of sp³-hybridized carbons (Fsp3) is 0.222. The van der Waals surface area contributed by atoms with E-state index in [1.54, 1.807) is 12.1 Å². The third-order valence-electron chi connectivity index (χ3n) is 1.98. The van der Waals surface area contributed by atoms with E-state index in [2.05, 4.69) is 0 Å². The molecular weight excluding hydrogens is 186 g/mol. The number of rotatable bonds is 2. The van der Waals surface area contributed by atoms with Gasteiger partial charge in [0, 0.05) is 0 Å². The Kier molecular flexibility index (Phi) is 2.01. The van der Waals surface area contributed by atoms with Crippen LogP contribution >= 0.6 is 0 Å². The van der Waals surface area contributed by atoms with Gasteiger partial charge in [0.1, 0.15) is 0 Å². The Morgan fingerprint density at radius 1 is 1.43 bits per heavy atom. The van der Waals surface area contributed by atoms with Crippen LogP contribution in [0.1, 0.15) is 11.7 Å². The van der Waals surface area contributed by atoms with Gasteiger partial charge in [-0.2, -0.15) is 0 Å². The molecule has 14 heavy (non-hydrogen) atoms. The number of carbonyl (C=O) groups is 1. The van der Waals surface area contributed by atoms with E-state index in [0.717, 1.165) is 0 Å². The second-order valence-electron chi connectivity index (χ2n) is 2.92. The third-order valence-corrected chi connectivity index (χ3v) is 1.98. The van der Waals surface area contributed by atoms with E-state index in [1.807, 2.05) is 0 Å². The van der Waals surface area contributed by atoms with Gasteiger partial charge in [0.25, 0.3) is 5.91 Å². The van der Waals surface area contributed by atoms with Crippen molar-refractivity contribution in [3.63, 3.8) is 0 Å². The van der Waals surface area contributed by atoms with Crippen LogP contribution in [-0.2, 0) is 4.79 Å². The first-order valence-electron chi connectivity index (χ1n) is 4.05. The van der Waals surface area contributed by atoms with Gasteiger partial charge in [0.15, 0.2) is 17.6 Å². The number of nitrogens with two attached hydrogens (primary N) is 1. The van der Waals surface area contributed by atoms with E-state index >= 15 is 0 Å². The molecule has 5 nitrogen and oxygen atoms in total. The fourth-order valence-corrected chi connectivity index (χ4v) is 1.25. The average Bonchev–Trinajstić information content (AvgIpc) is 2.62. The molecule has 74 valence electrons. The van der Waals surface area contributed by atoms with Crippen LogP contribution < -0.4 is 15.2 Å². The molecular formula is C9H9NO4. The van der Waals surface area contributed by atoms with Gasteiger partial charge in [-0.25, -0.2) is 0 Å². The topological polar surface area (TPSA) is 81.8 Å². The molecule has 1 aliphatic rings. The smallest absolute Gasteiger partial charge is 0.250 e. The van der Waals surface area contributed by atoms with Gasteiger partial charge in [-0.3, -0.25) is 4.79 Å². The first kappa shape index (κ1) is 8.83. The van der Waals surface area contributed by atoms with Crippen LogP contribution in [-0.4, -0.2) is 17.8 Å². The number of hydrogen-bond acceptors (Lipinski definition) is 4. The van der Waals surface area contributed by atoms with Crippen LogP contribution in [0.4, 0.5) is 0 Å². The molecule has 3 N–H and O–H groups in total. The number of amides is 1. The quantitative estimate of drug-likeness (QED) is 0.692. The van der Waals surface area contributed by atoms with Crippen molar-refractivity contribution in [2.45, 2.75) is 6.10 Å². The van der Waals surface area contributed by atoms with Gasteiger partial charge in [-0.15, -0.1) is 0 Å². The zero-order valence-electron chi connectivity index (χ0n) is 7.27. The minimum atomic E-state index is -1.30. The van der Waals surface area contributed by atoms with Crippen molar-refractivity contribution in [3.05, 3.63) is 23.8 Å². The minimum Gasteiger partial charge on any atom is -0.454 e. The zero-order valence-corrected chi connectivity index (χ0v) is 7.27. The van der Waals surface area contributed by atoms with Crippen molar-refractivity contribution in [2.75, 3.05) is 6.79 Å². The number of ether oxygens (including phenoxy) is 2. The predicted molar refractivity (Wildman–Crippen MR) is 46.7 cm³/mol. The summed E-state index contributed by atoms with van der Waals surface area (Å²) in [5.41, 5.74) is 5.36. The highest BCUT2D eigenvalue weighted by molar-refractivity contribution is 5.80. The number of aliphatic hydroxyl groups is 1. The molecule has 0 fully saturated rings. The molecule has 1 atom stereocenters. The third kappa shape index (κ3) is 1.38. The zero-order chi connectivity index (χ0) is 10.1. The Balaban J connectivity index is 2.33. The van der Waals surface area contributed by atoms with Gasteiger partial charge in [-0.1, -0.05) is 6.07 Å². The lowest BCUT2D eigenvalue weighted by Crippen LogP contribution is -2.20. The van der Waals surface area contributed by atoms with Crippen molar-refractivity contribution in [1.82, 2.24) is 0 Å². The minimum absolute atomic E-state index is 0.158. The summed E-state index contributed by atoms with van der Waals surface area (Å²) < 4.78 is 10.2. The van der Waals surface area contributed by atoms with Crippen LogP contribution in [0, 0.1) is 0 Å². The maximum Gasteiger partial charge on any atom is 0.250 e. The Bertz CT molecular complexity index is 377. The number of carbonyl (C=O) groups excluding carboxylic acids is 1. The van der Waals surface area contributed by atoms with Crippen molar-refractivity contribution in [1.29, 1.82) is 0 Å². The van der Waals surface area contributed by atoms with Crippen molar-refractivity contribution in [2.24, 2.45) is 5.73 Å². The molecule has 5 heteroatoms. The summed E-state index contributed by atoms with van der Waals surface area (Å²) in [7, 11) is 0. The van der Waals surface area contributed by atoms with E-state index in [-0.39, 0.29) is 6.79 Å². The number of hydrogen-bond donors (Lipinski definition) is 2. The molecule has 0 unspecified atom stereocenters. The van der Waals surface area contributed by atoms with Crippen LogP contribution in [0.25, 0.3) is 0 Å². The van der Waals surface area contributed by atoms with Crippen LogP contribution in [0.3, 0.4) is 0 Å². The Hall–Kier alpha value is -1.75. The SMILES string of the molecule is NC(=O)[C@H](O)c1ccc2c(c1)OCO2. The molecule has 0 aliphatic carbocycles. The number of benzene rings is 1. The number of aliphatic hydroxyl groups excluding tert-OH is 1. The first-order valence-corrected chi connectivity index (χ1v) is 4.05. The van der Waals surface area contributed by atoms with Crippen molar-refractivity contribution < 1.29 is 19.4 Å². The summed E-state index contributed by atoms with van der Waals surface area (Å²) in [4.78, 5) is 10.7. The Labute approximate surface area is 80.0 Å². The highest BCUT2D eigenvalue weighted by Gasteiger charge is 2.19. The van der Waals surface area contributed by atoms with Gasteiger partial charge < -0.3 is 20.3 Å². The molecule has 0 spiro atoms. The Morgan fingerprint density at radius 3 is 2.86 bits per heavy atom. The van der Waals surface area contributed by atoms with Crippen molar-refractivity contribution >= 4 is 5.91 Å². The lowest BCUT2D eigenvalue weighted by atomic mass is 10.1. The van der Waals surface area contributed by atoms with Crippen LogP contribution in [0.2, 0.25) is 0 Å². The van der Waals surface area contributed by atoms with Crippen LogP contribution in [0.15, 0.2) is 18.2 Å². The molecule has 0 radical (unpaired) electrons. The van der Waals surface area contributed by atoms with Crippen molar-refractivity contribution in [3.8, 4) is 11.5 Å². The van der Waals surface area contributed by atoms with Gasteiger partial charge in [0.05, 0.1) is 0 Å². The summed E-state index contributed by atoms with van der Waals surface area (Å²) in [5, 5.41) is 9.36. The largest absolute Gasteiger partial charge is 0.454 e. The standard InChI is InChI=1S/C9H9NO4/c10-9(12)8(11)5-1-2-6-7(3-5)14-4-13-6/h1-3,8,11H,4H2,(H2,10,12)/t8-/m1/s1. The van der Waals surface area contributed by atoms with E-state index < -0.39 is 12.0 Å². The molecule has 0 bridgehead atoms. The number of primary amides is 1. The van der Waals surface area contributed by atoms with Gasteiger partial charge in [-0.05, 0) is 17.7 Å². The summed E-state index contributed by atoms with van der Waals surface area (Å²) in [6.45, 7) is 0.158. The van der Waals surface area contributed by atoms with Gasteiger partial charge in [0.2, 0.25) is 6.79 Å². The first-order chi connectivity index (χ1) is 6.68. The lowest BCUT2D eigenvalue weighted by Gasteiger charge is -2.06. The predicted octanol–water partition coefficient (Wildman–Crippen LogP) is -0.0660. The summed E-state index contributed by atoms with van der Waals surface area (Å²) in [6, 6.07) is 4.74. The molecule has 2 rings (SSSR count). The Morgan fingerprint density at radius 2 is 2.14 bits per heavy atom. The molecule has 0 aromatic heterocycles.